The van der Waals surface area contributed by atoms with E-state index >= 15 is 0 Å². The average Bonchev–Trinajstić information content (AvgIpc) is 3.59. The number of rotatable bonds is 13. The van der Waals surface area contributed by atoms with Crippen molar-refractivity contribution in [3.8, 4) is 5.75 Å². The lowest BCUT2D eigenvalue weighted by Gasteiger charge is -2.24. The second-order valence-corrected chi connectivity index (χ2v) is 12.3. The third-order valence-electron chi connectivity index (χ3n) is 6.16. The molecule has 11 heteroatoms. The summed E-state index contributed by atoms with van der Waals surface area (Å²) in [6.07, 6.45) is 3.90. The summed E-state index contributed by atoms with van der Waals surface area (Å²) in [5, 5.41) is 6.50. The van der Waals surface area contributed by atoms with Crippen LogP contribution in [0.15, 0.2) is 31.3 Å². The van der Waals surface area contributed by atoms with E-state index in [-0.39, 0.29) is 5.91 Å². The number of carbonyl (C=O) groups excluding carboxylic acids is 2. The van der Waals surface area contributed by atoms with Gasteiger partial charge in [0, 0.05) is 24.9 Å². The molecule has 2 N–H and O–H groups in total. The van der Waals surface area contributed by atoms with E-state index in [0.717, 1.165) is 30.0 Å². The summed E-state index contributed by atoms with van der Waals surface area (Å²) in [4.78, 5) is 46.6. The molecule has 2 amide bonds. The van der Waals surface area contributed by atoms with E-state index < -0.39 is 28.9 Å². The molecule has 3 rings (SSSR count). The van der Waals surface area contributed by atoms with E-state index in [1.807, 2.05) is 34.6 Å². The van der Waals surface area contributed by atoms with Crippen molar-refractivity contribution in [1.29, 1.82) is 0 Å². The van der Waals surface area contributed by atoms with Gasteiger partial charge in [0.25, 0.3) is 0 Å². The van der Waals surface area contributed by atoms with Crippen molar-refractivity contribution in [2.24, 2.45) is 15.9 Å². The number of nitrogens with zero attached hydrogens (tertiary/aromatic N) is 2. The van der Waals surface area contributed by atoms with E-state index in [2.05, 4.69) is 15.6 Å². The monoisotopic (exact) mass is 562 g/mol. The van der Waals surface area contributed by atoms with Crippen LogP contribution >= 0.6 is 11.8 Å². The van der Waals surface area contributed by atoms with Gasteiger partial charge in [-0.05, 0) is 66.2 Å². The van der Waals surface area contributed by atoms with Gasteiger partial charge in [0.05, 0.1) is 24.4 Å². The zero-order valence-electron chi connectivity index (χ0n) is 23.9. The Morgan fingerprint density at radius 3 is 2.72 bits per heavy atom. The Kier molecular flexibility index (Phi) is 10.6. The SMILES string of the molecule is CCC[C@@H](NC(=O)C1(C)CSC(C(C)=NCCCNC(=O)OC(C)(C)C)=N1)c1cc(OCC2CC2)cc(=O)o1. The van der Waals surface area contributed by atoms with Crippen LogP contribution in [0.1, 0.15) is 85.4 Å². The topological polar surface area (TPSA) is 132 Å². The van der Waals surface area contributed by atoms with Gasteiger partial charge in [0.1, 0.15) is 27.7 Å². The molecule has 0 saturated heterocycles. The lowest BCUT2D eigenvalue weighted by molar-refractivity contribution is -0.125. The normalized spacial score (nSPS) is 20.3. The number of aliphatic imine (C=N–C) groups is 2. The Morgan fingerprint density at radius 1 is 1.31 bits per heavy atom. The van der Waals surface area contributed by atoms with Crippen molar-refractivity contribution >= 4 is 34.5 Å². The molecule has 2 atom stereocenters. The zero-order chi connectivity index (χ0) is 28.6. The minimum Gasteiger partial charge on any atom is -0.493 e. The molecule has 1 fully saturated rings. The Hall–Kier alpha value is -2.82. The average molecular weight is 563 g/mol. The first-order valence-electron chi connectivity index (χ1n) is 13.7. The summed E-state index contributed by atoms with van der Waals surface area (Å²) >= 11 is 1.49. The van der Waals surface area contributed by atoms with Gasteiger partial charge in [0.2, 0.25) is 5.91 Å². The number of ether oxygens (including phenoxy) is 2. The number of hydrogen-bond donors (Lipinski definition) is 2. The van der Waals surface area contributed by atoms with Crippen molar-refractivity contribution in [3.05, 3.63) is 28.3 Å². The molecule has 0 aromatic carbocycles. The molecule has 1 aliphatic carbocycles. The summed E-state index contributed by atoms with van der Waals surface area (Å²) in [7, 11) is 0. The molecular weight excluding hydrogens is 520 g/mol. The second kappa shape index (κ2) is 13.5. The van der Waals surface area contributed by atoms with Crippen LogP contribution in [0.2, 0.25) is 0 Å². The molecule has 0 bridgehead atoms. The number of hydrogen-bond acceptors (Lipinski definition) is 9. The Morgan fingerprint density at radius 2 is 2.05 bits per heavy atom. The predicted molar refractivity (Wildman–Crippen MR) is 154 cm³/mol. The predicted octanol–water partition coefficient (Wildman–Crippen LogP) is 4.67. The summed E-state index contributed by atoms with van der Waals surface area (Å²) in [5.74, 6) is 1.66. The Bertz CT molecular complexity index is 1140. The van der Waals surface area contributed by atoms with Crippen molar-refractivity contribution in [1.82, 2.24) is 10.6 Å². The summed E-state index contributed by atoms with van der Waals surface area (Å²) < 4.78 is 16.5. The maximum Gasteiger partial charge on any atom is 0.407 e. The van der Waals surface area contributed by atoms with E-state index in [1.54, 1.807) is 13.0 Å². The van der Waals surface area contributed by atoms with Gasteiger partial charge in [-0.25, -0.2) is 9.59 Å². The molecule has 0 radical (unpaired) electrons. The molecule has 10 nitrogen and oxygen atoms in total. The third-order valence-corrected chi connectivity index (χ3v) is 7.53. The van der Waals surface area contributed by atoms with E-state index in [1.165, 1.54) is 17.8 Å². The van der Waals surface area contributed by atoms with Gasteiger partial charge >= 0.3 is 11.7 Å². The van der Waals surface area contributed by atoms with Crippen molar-refractivity contribution < 1.29 is 23.5 Å². The minimum absolute atomic E-state index is 0.232. The fourth-order valence-corrected chi connectivity index (χ4v) is 4.96. The highest BCUT2D eigenvalue weighted by Crippen LogP contribution is 2.32. The first-order valence-corrected chi connectivity index (χ1v) is 14.7. The standard InChI is InChI=1S/C28H42N4O6S/c1-7-9-21(22-14-20(15-23(33)37-22)36-16-19-10-11-19)31-25(34)28(6)17-39-24(32-28)18(2)29-12-8-13-30-26(35)38-27(3,4)5/h14-15,19,21H,7-13,16-17H2,1-6H3,(H,30,35)(H,31,34)/t21-,28?/m1/s1. The van der Waals surface area contributed by atoms with Gasteiger partial charge in [0.15, 0.2) is 0 Å². The van der Waals surface area contributed by atoms with Crippen LogP contribution in [-0.4, -0.2) is 59.3 Å². The fourth-order valence-electron chi connectivity index (χ4n) is 3.81. The third kappa shape index (κ3) is 10.0. The number of nitrogens with one attached hydrogen (secondary N) is 2. The van der Waals surface area contributed by atoms with Crippen LogP contribution in [-0.2, 0) is 9.53 Å². The van der Waals surface area contributed by atoms with Gasteiger partial charge in [-0.1, -0.05) is 13.3 Å². The molecule has 216 valence electrons. The molecule has 0 spiro atoms. The molecular formula is C28H42N4O6S. The van der Waals surface area contributed by atoms with Crippen LogP contribution in [0.25, 0.3) is 0 Å². The molecule has 2 heterocycles. The van der Waals surface area contributed by atoms with Crippen LogP contribution in [0, 0.1) is 5.92 Å². The smallest absolute Gasteiger partial charge is 0.407 e. The zero-order valence-corrected chi connectivity index (χ0v) is 24.7. The summed E-state index contributed by atoms with van der Waals surface area (Å²) in [6, 6.07) is 2.59. The maximum absolute atomic E-state index is 13.4. The van der Waals surface area contributed by atoms with Gasteiger partial charge in [-0.15, -0.1) is 11.8 Å². The molecule has 1 aliphatic heterocycles. The molecule has 39 heavy (non-hydrogen) atoms. The highest BCUT2D eigenvalue weighted by molar-refractivity contribution is 8.16. The highest BCUT2D eigenvalue weighted by Gasteiger charge is 2.40. The number of amides is 2. The van der Waals surface area contributed by atoms with E-state index in [4.69, 9.17) is 18.9 Å². The minimum atomic E-state index is -0.971. The van der Waals surface area contributed by atoms with E-state index in [9.17, 15) is 14.4 Å². The van der Waals surface area contributed by atoms with Gasteiger partial charge < -0.3 is 24.5 Å². The maximum atomic E-state index is 13.4. The Labute approximate surface area is 234 Å². The molecule has 1 aromatic heterocycles. The molecule has 1 unspecified atom stereocenters. The highest BCUT2D eigenvalue weighted by atomic mass is 32.2. The molecule has 1 saturated carbocycles. The number of carbonyl (C=O) groups is 2. The lowest BCUT2D eigenvalue weighted by atomic mass is 10.0. The van der Waals surface area contributed by atoms with Crippen molar-refractivity contribution in [2.75, 3.05) is 25.4 Å². The second-order valence-electron chi connectivity index (χ2n) is 11.3. The van der Waals surface area contributed by atoms with Crippen LogP contribution in [0.5, 0.6) is 5.75 Å². The summed E-state index contributed by atoms with van der Waals surface area (Å²) in [6.45, 7) is 12.7. The number of alkyl carbamates (subject to hydrolysis) is 1. The first-order chi connectivity index (χ1) is 18.4. The first kappa shape index (κ1) is 30.7. The summed E-state index contributed by atoms with van der Waals surface area (Å²) in [5.41, 5.74) is -1.25. The number of thioether (sulfide) groups is 1. The van der Waals surface area contributed by atoms with Crippen molar-refractivity contribution in [3.63, 3.8) is 0 Å². The van der Waals surface area contributed by atoms with Crippen LogP contribution in [0.3, 0.4) is 0 Å². The van der Waals surface area contributed by atoms with Crippen molar-refractivity contribution in [2.45, 2.75) is 90.8 Å². The quantitative estimate of drug-likeness (QED) is 0.264. The molecule has 1 aromatic rings. The lowest BCUT2D eigenvalue weighted by Crippen LogP contribution is -2.45. The van der Waals surface area contributed by atoms with Gasteiger partial charge in [-0.2, -0.15) is 0 Å². The van der Waals surface area contributed by atoms with E-state index in [0.29, 0.717) is 55.7 Å². The largest absolute Gasteiger partial charge is 0.493 e. The fraction of sp³-hybridized carbons (Fsp3) is 0.679. The molecule has 2 aliphatic rings. The Balaban J connectivity index is 1.57. The van der Waals surface area contributed by atoms with Crippen LogP contribution < -0.4 is 21.0 Å². The van der Waals surface area contributed by atoms with Gasteiger partial charge in [-0.3, -0.25) is 14.8 Å². The van der Waals surface area contributed by atoms with Crippen LogP contribution in [0.4, 0.5) is 4.79 Å².